The van der Waals surface area contributed by atoms with Crippen LogP contribution in [0.3, 0.4) is 0 Å². The van der Waals surface area contributed by atoms with E-state index in [0.717, 1.165) is 6.26 Å². The molecular weight excluding hydrogens is 385 g/mol. The Morgan fingerprint density at radius 3 is 2.43 bits per heavy atom. The van der Waals surface area contributed by atoms with E-state index in [0.29, 0.717) is 44.0 Å². The van der Waals surface area contributed by atoms with E-state index in [1.165, 1.54) is 18.2 Å². The van der Waals surface area contributed by atoms with Crippen molar-refractivity contribution in [2.45, 2.75) is 6.54 Å². The average molecular weight is 407 g/mol. The number of aromatic carboxylic acids is 1. The van der Waals surface area contributed by atoms with Crippen LogP contribution in [0.4, 0.5) is 15.8 Å². The minimum Gasteiger partial charge on any atom is -0.478 e. The number of rotatable bonds is 6. The second-order valence-electron chi connectivity index (χ2n) is 6.77. The lowest BCUT2D eigenvalue weighted by molar-refractivity contribution is 0.0697. The summed E-state index contributed by atoms with van der Waals surface area (Å²) in [7, 11) is -3.56. The molecule has 2 aromatic carbocycles. The molecule has 150 valence electrons. The molecule has 0 amide bonds. The maximum Gasteiger partial charge on any atom is 0.335 e. The van der Waals surface area contributed by atoms with E-state index < -0.39 is 16.0 Å². The van der Waals surface area contributed by atoms with E-state index >= 15 is 0 Å². The molecule has 0 spiro atoms. The molecule has 9 heteroatoms. The maximum absolute atomic E-state index is 13.8. The third kappa shape index (κ3) is 4.99. The molecule has 1 aliphatic heterocycles. The Morgan fingerprint density at radius 1 is 1.14 bits per heavy atom. The van der Waals surface area contributed by atoms with Crippen LogP contribution in [0.1, 0.15) is 15.9 Å². The standard InChI is InChI=1S/C19H22FN3O4S/c1-28(26,27)21-17-12-14(19(24)25)6-7-18(17)23-10-8-22(9-11-23)13-15-4-2-3-5-16(15)20/h2-7,12,21H,8-11,13H2,1H3,(H,24,25). The summed E-state index contributed by atoms with van der Waals surface area (Å²) in [6.07, 6.45) is 1.02. The third-order valence-electron chi connectivity index (χ3n) is 4.60. The Bertz CT molecular complexity index is 973. The fourth-order valence-corrected chi connectivity index (χ4v) is 3.80. The third-order valence-corrected chi connectivity index (χ3v) is 5.19. The van der Waals surface area contributed by atoms with Gasteiger partial charge in [-0.15, -0.1) is 0 Å². The highest BCUT2D eigenvalue weighted by atomic mass is 32.2. The molecule has 2 N–H and O–H groups in total. The van der Waals surface area contributed by atoms with Crippen molar-refractivity contribution in [3.8, 4) is 0 Å². The van der Waals surface area contributed by atoms with Gasteiger partial charge < -0.3 is 10.0 Å². The highest BCUT2D eigenvalue weighted by Gasteiger charge is 2.22. The summed E-state index contributed by atoms with van der Waals surface area (Å²) >= 11 is 0. The first-order chi connectivity index (χ1) is 13.2. The molecule has 0 radical (unpaired) electrons. The first kappa shape index (κ1) is 20.1. The molecule has 2 aromatic rings. The molecule has 0 aromatic heterocycles. The number of benzene rings is 2. The second-order valence-corrected chi connectivity index (χ2v) is 8.51. The zero-order chi connectivity index (χ0) is 20.3. The van der Waals surface area contributed by atoms with Crippen molar-refractivity contribution in [1.29, 1.82) is 0 Å². The largest absolute Gasteiger partial charge is 0.478 e. The number of nitrogens with zero attached hydrogens (tertiary/aromatic N) is 2. The Labute approximate surface area is 163 Å². The van der Waals surface area contributed by atoms with E-state index in [1.807, 2.05) is 11.0 Å². The monoisotopic (exact) mass is 407 g/mol. The van der Waals surface area contributed by atoms with Crippen LogP contribution in [0.25, 0.3) is 0 Å². The number of sulfonamides is 1. The quantitative estimate of drug-likeness (QED) is 0.763. The molecule has 0 atom stereocenters. The van der Waals surface area contributed by atoms with Crippen LogP contribution >= 0.6 is 0 Å². The molecule has 0 unspecified atom stereocenters. The number of carboxylic acids is 1. The van der Waals surface area contributed by atoms with Crippen molar-refractivity contribution < 1.29 is 22.7 Å². The number of piperazine rings is 1. The van der Waals surface area contributed by atoms with Gasteiger partial charge in [-0.1, -0.05) is 18.2 Å². The highest BCUT2D eigenvalue weighted by Crippen LogP contribution is 2.29. The Hall–Kier alpha value is -2.65. The number of nitrogens with one attached hydrogen (secondary N) is 1. The van der Waals surface area contributed by atoms with Gasteiger partial charge in [-0.25, -0.2) is 17.6 Å². The van der Waals surface area contributed by atoms with Crippen LogP contribution in [0, 0.1) is 5.82 Å². The number of carboxylic acid groups (broad SMARTS) is 1. The Kier molecular flexibility index (Phi) is 5.85. The van der Waals surface area contributed by atoms with E-state index in [9.17, 15) is 22.7 Å². The van der Waals surface area contributed by atoms with Crippen LogP contribution in [0.2, 0.25) is 0 Å². The Balaban J connectivity index is 1.74. The average Bonchev–Trinajstić information content (AvgIpc) is 2.63. The van der Waals surface area contributed by atoms with Gasteiger partial charge in [0.25, 0.3) is 0 Å². The number of hydrogen-bond donors (Lipinski definition) is 2. The maximum atomic E-state index is 13.8. The minimum atomic E-state index is -3.56. The van der Waals surface area contributed by atoms with Crippen molar-refractivity contribution in [2.75, 3.05) is 42.1 Å². The summed E-state index contributed by atoms with van der Waals surface area (Å²) in [5, 5.41) is 9.18. The highest BCUT2D eigenvalue weighted by molar-refractivity contribution is 7.92. The van der Waals surface area contributed by atoms with Crippen molar-refractivity contribution in [1.82, 2.24) is 4.90 Å². The van der Waals surface area contributed by atoms with Crippen LogP contribution in [0.15, 0.2) is 42.5 Å². The van der Waals surface area contributed by atoms with Crippen molar-refractivity contribution in [3.63, 3.8) is 0 Å². The number of halogens is 1. The number of hydrogen-bond acceptors (Lipinski definition) is 5. The predicted molar refractivity (Wildman–Crippen MR) is 106 cm³/mol. The van der Waals surface area contributed by atoms with Gasteiger partial charge >= 0.3 is 5.97 Å². The molecule has 0 saturated carbocycles. The smallest absolute Gasteiger partial charge is 0.335 e. The molecule has 1 fully saturated rings. The summed E-state index contributed by atoms with van der Waals surface area (Å²) in [4.78, 5) is 15.3. The van der Waals surface area contributed by atoms with Crippen LogP contribution in [-0.4, -0.2) is 56.8 Å². The molecule has 0 bridgehead atoms. The van der Waals surface area contributed by atoms with Gasteiger partial charge in [-0.3, -0.25) is 9.62 Å². The second kappa shape index (κ2) is 8.15. The zero-order valence-corrected chi connectivity index (χ0v) is 16.2. The van der Waals surface area contributed by atoms with Gasteiger partial charge in [-0.2, -0.15) is 0 Å². The minimum absolute atomic E-state index is 0.00749. The molecule has 1 saturated heterocycles. The fraction of sp³-hybridized carbons (Fsp3) is 0.316. The van der Waals surface area contributed by atoms with E-state index in [2.05, 4.69) is 9.62 Å². The molecular formula is C19H22FN3O4S. The van der Waals surface area contributed by atoms with Gasteiger partial charge in [0.2, 0.25) is 10.0 Å². The summed E-state index contributed by atoms with van der Waals surface area (Å²) in [6.45, 7) is 3.08. The van der Waals surface area contributed by atoms with Gasteiger partial charge in [0.05, 0.1) is 23.2 Å². The number of anilines is 2. The lowest BCUT2D eigenvalue weighted by Crippen LogP contribution is -2.46. The van der Waals surface area contributed by atoms with Gasteiger partial charge in [-0.05, 0) is 24.3 Å². The predicted octanol–water partition coefficient (Wildman–Crippen LogP) is 2.22. The molecule has 3 rings (SSSR count). The van der Waals surface area contributed by atoms with Crippen LogP contribution in [0.5, 0.6) is 0 Å². The van der Waals surface area contributed by atoms with Crippen molar-refractivity contribution >= 4 is 27.4 Å². The topological polar surface area (TPSA) is 89.9 Å². The lowest BCUT2D eigenvalue weighted by atomic mass is 10.1. The number of carbonyl (C=O) groups is 1. The molecule has 28 heavy (non-hydrogen) atoms. The SMILES string of the molecule is CS(=O)(=O)Nc1cc(C(=O)O)ccc1N1CCN(Cc2ccccc2F)CC1. The summed E-state index contributed by atoms with van der Waals surface area (Å²) in [5.41, 5.74) is 1.51. The van der Waals surface area contributed by atoms with Crippen molar-refractivity contribution in [2.24, 2.45) is 0 Å². The molecule has 7 nitrogen and oxygen atoms in total. The Morgan fingerprint density at radius 2 is 1.82 bits per heavy atom. The van der Waals surface area contributed by atoms with Crippen LogP contribution < -0.4 is 9.62 Å². The van der Waals surface area contributed by atoms with Gasteiger partial charge in [0, 0.05) is 38.3 Å². The van der Waals surface area contributed by atoms with Crippen molar-refractivity contribution in [3.05, 3.63) is 59.4 Å². The van der Waals surface area contributed by atoms with Gasteiger partial charge in [0.15, 0.2) is 0 Å². The molecule has 0 aliphatic carbocycles. The molecule has 1 aliphatic rings. The first-order valence-electron chi connectivity index (χ1n) is 8.79. The summed E-state index contributed by atoms with van der Waals surface area (Å²) < 4.78 is 39.6. The zero-order valence-electron chi connectivity index (χ0n) is 15.4. The van der Waals surface area contributed by atoms with E-state index in [1.54, 1.807) is 18.2 Å². The normalized spacial score (nSPS) is 15.4. The molecule has 1 heterocycles. The van der Waals surface area contributed by atoms with E-state index in [-0.39, 0.29) is 17.1 Å². The lowest BCUT2D eigenvalue weighted by Gasteiger charge is -2.37. The summed E-state index contributed by atoms with van der Waals surface area (Å²) in [6, 6.07) is 11.1. The first-order valence-corrected chi connectivity index (χ1v) is 10.7. The summed E-state index contributed by atoms with van der Waals surface area (Å²) in [5.74, 6) is -1.35. The van der Waals surface area contributed by atoms with E-state index in [4.69, 9.17) is 0 Å². The van der Waals surface area contributed by atoms with Crippen LogP contribution in [-0.2, 0) is 16.6 Å². The van der Waals surface area contributed by atoms with Gasteiger partial charge in [0.1, 0.15) is 5.82 Å². The fourth-order valence-electron chi connectivity index (χ4n) is 3.24.